The fourth-order valence-electron chi connectivity index (χ4n) is 2.99. The lowest BCUT2D eigenvalue weighted by atomic mass is 10.2. The second-order valence-electron chi connectivity index (χ2n) is 6.95. The largest absolute Gasteiger partial charge is 0.463 e. The lowest BCUT2D eigenvalue weighted by Crippen LogP contribution is -2.21. The van der Waals surface area contributed by atoms with Gasteiger partial charge in [-0.2, -0.15) is 4.98 Å². The third-order valence-corrected chi connectivity index (χ3v) is 5.64. The van der Waals surface area contributed by atoms with Crippen molar-refractivity contribution in [1.29, 1.82) is 0 Å². The summed E-state index contributed by atoms with van der Waals surface area (Å²) in [5.41, 5.74) is 1.19. The second-order valence-corrected chi connectivity index (χ2v) is 7.98. The van der Waals surface area contributed by atoms with Crippen molar-refractivity contribution >= 4 is 34.6 Å². The van der Waals surface area contributed by atoms with E-state index in [1.165, 1.54) is 18.4 Å². The van der Waals surface area contributed by atoms with Gasteiger partial charge in [-0.1, -0.05) is 46.8 Å². The molecule has 1 aromatic carbocycles. The van der Waals surface area contributed by atoms with Gasteiger partial charge in [0.1, 0.15) is 16.6 Å². The van der Waals surface area contributed by atoms with Crippen LogP contribution in [0.25, 0.3) is 0 Å². The standard InChI is InChI=1S/C13H16N6O3S.C8H8O2/c1-6-16-11(22-19-6)10(21)18-13-8(9(20)14-2)17-12(23-13)7-4-3-5-15-7;9-7-10-6-8-4-2-1-3-5-8/h7,15H,3-5H2,1-2H3,(H,14,20)(H,18,21);1-5,7H,6H2/t7-;/m1./s1. The number of carbonyl (C=O) groups excluding carboxylic acids is 3. The molecule has 4 rings (SSSR count). The summed E-state index contributed by atoms with van der Waals surface area (Å²) < 4.78 is 9.37. The number of amides is 2. The molecule has 2 aromatic heterocycles. The second kappa shape index (κ2) is 11.8. The van der Waals surface area contributed by atoms with Gasteiger partial charge in [0.2, 0.25) is 0 Å². The molecule has 174 valence electrons. The molecular weight excluding hydrogens is 448 g/mol. The smallest absolute Gasteiger partial charge is 0.316 e. The fourth-order valence-corrected chi connectivity index (χ4v) is 4.06. The molecule has 0 unspecified atom stereocenters. The lowest BCUT2D eigenvalue weighted by molar-refractivity contribution is -0.129. The topological polar surface area (TPSA) is 148 Å². The number of anilines is 1. The van der Waals surface area contributed by atoms with Gasteiger partial charge in [-0.25, -0.2) is 4.98 Å². The van der Waals surface area contributed by atoms with Gasteiger partial charge in [-0.05, 0) is 31.9 Å². The molecule has 0 spiro atoms. The number of ether oxygens (including phenoxy) is 1. The number of benzene rings is 1. The molecule has 1 saturated heterocycles. The highest BCUT2D eigenvalue weighted by atomic mass is 32.1. The highest BCUT2D eigenvalue weighted by Gasteiger charge is 2.26. The number of nitrogens with one attached hydrogen (secondary N) is 3. The Balaban J connectivity index is 0.000000257. The number of rotatable bonds is 7. The summed E-state index contributed by atoms with van der Waals surface area (Å²) in [4.78, 5) is 42.1. The molecule has 1 fully saturated rings. The minimum Gasteiger partial charge on any atom is -0.463 e. The van der Waals surface area contributed by atoms with Crippen LogP contribution in [0.5, 0.6) is 0 Å². The Morgan fingerprint density at radius 1 is 1.27 bits per heavy atom. The first-order valence-corrected chi connectivity index (χ1v) is 11.0. The normalized spacial score (nSPS) is 14.7. The first-order chi connectivity index (χ1) is 16.0. The summed E-state index contributed by atoms with van der Waals surface area (Å²) in [5, 5.41) is 13.2. The van der Waals surface area contributed by atoms with Crippen molar-refractivity contribution in [2.24, 2.45) is 0 Å². The van der Waals surface area contributed by atoms with E-state index in [1.807, 2.05) is 30.3 Å². The molecule has 3 aromatic rings. The monoisotopic (exact) mass is 472 g/mol. The summed E-state index contributed by atoms with van der Waals surface area (Å²) in [5.74, 6) is -0.714. The lowest BCUT2D eigenvalue weighted by Gasteiger charge is -2.04. The summed E-state index contributed by atoms with van der Waals surface area (Å²) in [6.07, 6.45) is 2.01. The van der Waals surface area contributed by atoms with Crippen LogP contribution in [-0.2, 0) is 16.1 Å². The highest BCUT2D eigenvalue weighted by molar-refractivity contribution is 7.16. The molecule has 1 atom stereocenters. The Labute approximate surface area is 193 Å². The molecule has 1 aliphatic rings. The molecule has 3 N–H and O–H groups in total. The van der Waals surface area contributed by atoms with E-state index in [0.717, 1.165) is 30.0 Å². The average Bonchev–Trinajstić information content (AvgIpc) is 3.59. The number of thiazole rings is 1. The predicted molar refractivity (Wildman–Crippen MR) is 120 cm³/mol. The zero-order valence-electron chi connectivity index (χ0n) is 18.2. The predicted octanol–water partition coefficient (Wildman–Crippen LogP) is 2.23. The maximum atomic E-state index is 12.1. The van der Waals surface area contributed by atoms with Crippen LogP contribution in [0.15, 0.2) is 34.9 Å². The third kappa shape index (κ3) is 6.67. The molecule has 0 saturated carbocycles. The number of hydrogen-bond acceptors (Lipinski definition) is 10. The van der Waals surface area contributed by atoms with Gasteiger partial charge in [-0.15, -0.1) is 0 Å². The quantitative estimate of drug-likeness (QED) is 0.440. The van der Waals surface area contributed by atoms with Crippen molar-refractivity contribution < 1.29 is 23.6 Å². The van der Waals surface area contributed by atoms with E-state index in [1.54, 1.807) is 6.92 Å². The number of nitrogens with zero attached hydrogens (tertiary/aromatic N) is 3. The van der Waals surface area contributed by atoms with E-state index in [9.17, 15) is 14.4 Å². The van der Waals surface area contributed by atoms with Gasteiger partial charge in [0.05, 0.1) is 6.04 Å². The van der Waals surface area contributed by atoms with E-state index in [2.05, 4.69) is 35.8 Å². The maximum absolute atomic E-state index is 12.1. The maximum Gasteiger partial charge on any atom is 0.316 e. The molecule has 0 radical (unpaired) electrons. The van der Waals surface area contributed by atoms with Crippen molar-refractivity contribution in [1.82, 2.24) is 25.8 Å². The Hall–Kier alpha value is -3.64. The Morgan fingerprint density at radius 2 is 2.06 bits per heavy atom. The van der Waals surface area contributed by atoms with Gasteiger partial charge >= 0.3 is 11.8 Å². The van der Waals surface area contributed by atoms with E-state index in [0.29, 0.717) is 23.9 Å². The molecule has 11 nitrogen and oxygen atoms in total. The number of carbonyl (C=O) groups is 3. The zero-order valence-corrected chi connectivity index (χ0v) is 19.0. The average molecular weight is 473 g/mol. The first-order valence-electron chi connectivity index (χ1n) is 10.2. The van der Waals surface area contributed by atoms with Gasteiger partial charge in [0.25, 0.3) is 12.4 Å². The molecule has 2 amide bonds. The van der Waals surface area contributed by atoms with Crippen LogP contribution in [-0.4, -0.2) is 47.0 Å². The minimum atomic E-state index is -0.565. The van der Waals surface area contributed by atoms with Crippen molar-refractivity contribution in [3.8, 4) is 0 Å². The van der Waals surface area contributed by atoms with E-state index in [4.69, 9.17) is 4.52 Å². The van der Waals surface area contributed by atoms with Crippen LogP contribution in [0.2, 0.25) is 0 Å². The molecular formula is C21H24N6O5S. The van der Waals surface area contributed by atoms with Crippen LogP contribution in [0.4, 0.5) is 5.00 Å². The Morgan fingerprint density at radius 3 is 2.67 bits per heavy atom. The van der Waals surface area contributed by atoms with Gasteiger partial charge < -0.3 is 25.2 Å². The Kier molecular flexibility index (Phi) is 8.61. The number of aryl methyl sites for hydroxylation is 1. The van der Waals surface area contributed by atoms with Crippen LogP contribution in [0.3, 0.4) is 0 Å². The highest BCUT2D eigenvalue weighted by Crippen LogP contribution is 2.32. The molecule has 12 heteroatoms. The summed E-state index contributed by atoms with van der Waals surface area (Å²) in [7, 11) is 1.52. The minimum absolute atomic E-state index is 0.111. The molecule has 33 heavy (non-hydrogen) atoms. The van der Waals surface area contributed by atoms with Gasteiger partial charge in [-0.3, -0.25) is 14.4 Å². The van der Waals surface area contributed by atoms with Gasteiger partial charge in [0.15, 0.2) is 11.5 Å². The summed E-state index contributed by atoms with van der Waals surface area (Å²) in [6.45, 7) is 3.35. The molecule has 1 aliphatic heterocycles. The fraction of sp³-hybridized carbons (Fsp3) is 0.333. The van der Waals surface area contributed by atoms with Crippen LogP contribution < -0.4 is 16.0 Å². The number of hydrogen-bond donors (Lipinski definition) is 3. The zero-order chi connectivity index (χ0) is 23.6. The van der Waals surface area contributed by atoms with Crippen LogP contribution in [0, 0.1) is 6.92 Å². The van der Waals surface area contributed by atoms with Crippen molar-refractivity contribution in [2.45, 2.75) is 32.4 Å². The molecule has 3 heterocycles. The van der Waals surface area contributed by atoms with Crippen LogP contribution >= 0.6 is 11.3 Å². The first kappa shape index (κ1) is 24.0. The van der Waals surface area contributed by atoms with Crippen molar-refractivity contribution in [2.75, 3.05) is 18.9 Å². The summed E-state index contributed by atoms with van der Waals surface area (Å²) >= 11 is 1.27. The molecule has 0 bridgehead atoms. The molecule has 0 aliphatic carbocycles. The summed E-state index contributed by atoms with van der Waals surface area (Å²) in [6, 6.07) is 9.66. The van der Waals surface area contributed by atoms with Crippen LogP contribution in [0.1, 0.15) is 56.5 Å². The van der Waals surface area contributed by atoms with E-state index >= 15 is 0 Å². The Bertz CT molecular complexity index is 1080. The SMILES string of the molecule is CNC(=O)c1nc([C@H]2CCCN2)sc1NC(=O)c1nc(C)no1.O=COCc1ccccc1. The number of aromatic nitrogens is 3. The van der Waals surface area contributed by atoms with Crippen molar-refractivity contribution in [3.05, 3.63) is 58.3 Å². The van der Waals surface area contributed by atoms with E-state index in [-0.39, 0.29) is 23.5 Å². The third-order valence-electron chi connectivity index (χ3n) is 4.55. The van der Waals surface area contributed by atoms with E-state index < -0.39 is 5.91 Å². The van der Waals surface area contributed by atoms with Gasteiger partial charge in [0, 0.05) is 7.05 Å². The van der Waals surface area contributed by atoms with Crippen molar-refractivity contribution in [3.63, 3.8) is 0 Å².